The normalized spacial score (nSPS) is 16.1. The number of ether oxygens (including phenoxy) is 3. The van der Waals surface area contributed by atoms with Gasteiger partial charge in [-0.3, -0.25) is 4.90 Å². The van der Waals surface area contributed by atoms with E-state index in [4.69, 9.17) is 14.2 Å². The van der Waals surface area contributed by atoms with Crippen molar-refractivity contribution in [3.63, 3.8) is 0 Å². The standard InChI is InChI=1S/C24H35N3O4/c1-26-9-11-27(12-10-26)17-21(28)18-31-24-14-23(30-3)8-7-20(24)16-25-15-19-5-4-6-22(13-19)29-2/h4-8,13-14,21,25,28H,9-12,15-18H2,1-3H3/t21-/m1/s1. The van der Waals surface area contributed by atoms with Crippen LogP contribution in [0.5, 0.6) is 17.2 Å². The highest BCUT2D eigenvalue weighted by molar-refractivity contribution is 5.41. The fraction of sp³-hybridized carbons (Fsp3) is 0.500. The van der Waals surface area contributed by atoms with Crippen LogP contribution in [-0.2, 0) is 13.1 Å². The Morgan fingerprint density at radius 2 is 1.71 bits per heavy atom. The van der Waals surface area contributed by atoms with Gasteiger partial charge in [-0.15, -0.1) is 0 Å². The molecule has 0 aromatic heterocycles. The number of likely N-dealkylation sites (N-methyl/N-ethyl adjacent to an activating group) is 1. The smallest absolute Gasteiger partial charge is 0.127 e. The molecular formula is C24H35N3O4. The lowest BCUT2D eigenvalue weighted by Crippen LogP contribution is -2.47. The van der Waals surface area contributed by atoms with E-state index < -0.39 is 6.10 Å². The molecule has 0 saturated carbocycles. The molecule has 0 bridgehead atoms. The third-order valence-corrected chi connectivity index (χ3v) is 5.55. The van der Waals surface area contributed by atoms with Crippen molar-refractivity contribution in [1.82, 2.24) is 15.1 Å². The number of β-amino-alcohol motifs (C(OH)–C–C–N with tert-alkyl or cyclic N) is 1. The Morgan fingerprint density at radius 3 is 2.45 bits per heavy atom. The van der Waals surface area contributed by atoms with Crippen molar-refractivity contribution < 1.29 is 19.3 Å². The molecule has 7 nitrogen and oxygen atoms in total. The number of hydrogen-bond donors (Lipinski definition) is 2. The van der Waals surface area contributed by atoms with E-state index in [1.165, 1.54) is 0 Å². The largest absolute Gasteiger partial charge is 0.497 e. The minimum atomic E-state index is -0.535. The van der Waals surface area contributed by atoms with Gasteiger partial charge in [-0.2, -0.15) is 0 Å². The molecule has 1 fully saturated rings. The fourth-order valence-corrected chi connectivity index (χ4v) is 3.63. The molecule has 2 N–H and O–H groups in total. The Hall–Kier alpha value is -2.32. The Labute approximate surface area is 185 Å². The molecule has 0 aliphatic carbocycles. The van der Waals surface area contributed by atoms with Crippen molar-refractivity contribution in [2.45, 2.75) is 19.2 Å². The Morgan fingerprint density at radius 1 is 0.968 bits per heavy atom. The number of aliphatic hydroxyl groups excluding tert-OH is 1. The fourth-order valence-electron chi connectivity index (χ4n) is 3.63. The average molecular weight is 430 g/mol. The third kappa shape index (κ3) is 7.40. The van der Waals surface area contributed by atoms with Crippen LogP contribution in [0.1, 0.15) is 11.1 Å². The number of nitrogens with one attached hydrogen (secondary N) is 1. The number of benzene rings is 2. The molecule has 1 aliphatic heterocycles. The highest BCUT2D eigenvalue weighted by Gasteiger charge is 2.18. The summed E-state index contributed by atoms with van der Waals surface area (Å²) in [5.41, 5.74) is 2.17. The van der Waals surface area contributed by atoms with E-state index in [1.807, 2.05) is 36.4 Å². The zero-order valence-corrected chi connectivity index (χ0v) is 18.8. The second kappa shape index (κ2) is 11.9. The van der Waals surface area contributed by atoms with Gasteiger partial charge in [0, 0.05) is 57.4 Å². The predicted octanol–water partition coefficient (Wildman–Crippen LogP) is 1.98. The third-order valence-electron chi connectivity index (χ3n) is 5.55. The number of hydrogen-bond acceptors (Lipinski definition) is 7. The molecule has 1 saturated heterocycles. The van der Waals surface area contributed by atoms with Gasteiger partial charge in [-0.25, -0.2) is 0 Å². The van der Waals surface area contributed by atoms with E-state index in [2.05, 4.69) is 28.2 Å². The van der Waals surface area contributed by atoms with Crippen LogP contribution < -0.4 is 19.5 Å². The molecule has 31 heavy (non-hydrogen) atoms. The quantitative estimate of drug-likeness (QED) is 0.566. The van der Waals surface area contributed by atoms with Crippen molar-refractivity contribution in [3.05, 3.63) is 53.6 Å². The molecule has 1 heterocycles. The summed E-state index contributed by atoms with van der Waals surface area (Å²) in [5.74, 6) is 2.32. The molecule has 0 spiro atoms. The number of piperazine rings is 1. The second-order valence-corrected chi connectivity index (χ2v) is 8.00. The molecule has 3 rings (SSSR count). The van der Waals surface area contributed by atoms with E-state index in [1.54, 1.807) is 14.2 Å². The molecule has 0 amide bonds. The van der Waals surface area contributed by atoms with Crippen LogP contribution in [0.25, 0.3) is 0 Å². The molecule has 0 unspecified atom stereocenters. The van der Waals surface area contributed by atoms with Gasteiger partial charge in [0.05, 0.1) is 14.2 Å². The SMILES string of the molecule is COc1cccc(CNCc2ccc(OC)cc2OC[C@H](O)CN2CCN(C)CC2)c1. The van der Waals surface area contributed by atoms with Crippen LogP contribution in [-0.4, -0.2) is 81.6 Å². The Balaban J connectivity index is 1.53. The Bertz CT molecular complexity index is 809. The molecule has 170 valence electrons. The van der Waals surface area contributed by atoms with Crippen molar-refractivity contribution >= 4 is 0 Å². The predicted molar refractivity (Wildman–Crippen MR) is 122 cm³/mol. The summed E-state index contributed by atoms with van der Waals surface area (Å²) in [4.78, 5) is 4.59. The van der Waals surface area contributed by atoms with Crippen LogP contribution in [0.15, 0.2) is 42.5 Å². The second-order valence-electron chi connectivity index (χ2n) is 8.00. The molecule has 1 aliphatic rings. The minimum absolute atomic E-state index is 0.252. The van der Waals surface area contributed by atoms with Crippen LogP contribution in [0.2, 0.25) is 0 Å². The summed E-state index contributed by atoms with van der Waals surface area (Å²) in [7, 11) is 5.44. The minimum Gasteiger partial charge on any atom is -0.497 e. The maximum absolute atomic E-state index is 10.5. The Kier molecular flexibility index (Phi) is 8.97. The summed E-state index contributed by atoms with van der Waals surface area (Å²) in [6.45, 7) is 6.26. The van der Waals surface area contributed by atoms with E-state index in [9.17, 15) is 5.11 Å². The zero-order chi connectivity index (χ0) is 22.1. The van der Waals surface area contributed by atoms with Gasteiger partial charge >= 0.3 is 0 Å². The van der Waals surface area contributed by atoms with E-state index >= 15 is 0 Å². The highest BCUT2D eigenvalue weighted by atomic mass is 16.5. The van der Waals surface area contributed by atoms with Gasteiger partial charge in [0.25, 0.3) is 0 Å². The maximum Gasteiger partial charge on any atom is 0.127 e. The van der Waals surface area contributed by atoms with Gasteiger partial charge < -0.3 is 29.5 Å². The summed E-state index contributed by atoms with van der Waals surface area (Å²) < 4.78 is 16.7. The van der Waals surface area contributed by atoms with E-state index in [0.717, 1.165) is 54.6 Å². The van der Waals surface area contributed by atoms with E-state index in [-0.39, 0.29) is 6.61 Å². The zero-order valence-electron chi connectivity index (χ0n) is 18.8. The first-order chi connectivity index (χ1) is 15.1. The lowest BCUT2D eigenvalue weighted by atomic mass is 10.1. The van der Waals surface area contributed by atoms with Crippen molar-refractivity contribution in [3.8, 4) is 17.2 Å². The van der Waals surface area contributed by atoms with Crippen LogP contribution in [0.4, 0.5) is 0 Å². The average Bonchev–Trinajstić information content (AvgIpc) is 2.80. The van der Waals surface area contributed by atoms with Crippen molar-refractivity contribution in [2.75, 3.05) is 60.6 Å². The summed E-state index contributed by atoms with van der Waals surface area (Å²) in [6.07, 6.45) is -0.535. The van der Waals surface area contributed by atoms with Gasteiger partial charge in [-0.1, -0.05) is 18.2 Å². The monoisotopic (exact) mass is 429 g/mol. The lowest BCUT2D eigenvalue weighted by Gasteiger charge is -2.33. The molecule has 2 aromatic carbocycles. The lowest BCUT2D eigenvalue weighted by molar-refractivity contribution is 0.0501. The number of nitrogens with zero attached hydrogens (tertiary/aromatic N) is 2. The first kappa shape index (κ1) is 23.3. The number of rotatable bonds is 11. The highest BCUT2D eigenvalue weighted by Crippen LogP contribution is 2.25. The first-order valence-corrected chi connectivity index (χ1v) is 10.8. The van der Waals surface area contributed by atoms with Gasteiger partial charge in [0.1, 0.15) is 30.0 Å². The van der Waals surface area contributed by atoms with Gasteiger partial charge in [0.15, 0.2) is 0 Å². The number of methoxy groups -OCH3 is 2. The molecule has 2 aromatic rings. The molecule has 1 atom stereocenters. The van der Waals surface area contributed by atoms with E-state index in [0.29, 0.717) is 19.6 Å². The first-order valence-electron chi connectivity index (χ1n) is 10.8. The summed E-state index contributed by atoms with van der Waals surface area (Å²) >= 11 is 0. The topological polar surface area (TPSA) is 66.4 Å². The van der Waals surface area contributed by atoms with Crippen LogP contribution in [0.3, 0.4) is 0 Å². The molecular weight excluding hydrogens is 394 g/mol. The summed E-state index contributed by atoms with van der Waals surface area (Å²) in [5, 5.41) is 13.9. The van der Waals surface area contributed by atoms with Crippen molar-refractivity contribution in [2.24, 2.45) is 0 Å². The van der Waals surface area contributed by atoms with Gasteiger partial charge in [0.2, 0.25) is 0 Å². The molecule has 0 radical (unpaired) electrons. The molecule has 7 heteroatoms. The van der Waals surface area contributed by atoms with Crippen LogP contribution in [0, 0.1) is 0 Å². The van der Waals surface area contributed by atoms with Crippen molar-refractivity contribution in [1.29, 1.82) is 0 Å². The van der Waals surface area contributed by atoms with Gasteiger partial charge in [-0.05, 0) is 30.8 Å². The number of aliphatic hydroxyl groups is 1. The summed E-state index contributed by atoms with van der Waals surface area (Å²) in [6, 6.07) is 13.8. The maximum atomic E-state index is 10.5. The van der Waals surface area contributed by atoms with Crippen LogP contribution >= 0.6 is 0 Å².